The van der Waals surface area contributed by atoms with Gasteiger partial charge in [0.1, 0.15) is 17.2 Å². The van der Waals surface area contributed by atoms with Gasteiger partial charge in [0, 0.05) is 30.1 Å². The maximum atomic E-state index is 14.7. The lowest BCUT2D eigenvalue weighted by Gasteiger charge is -2.50. The van der Waals surface area contributed by atoms with Crippen molar-refractivity contribution in [2.24, 2.45) is 0 Å². The first kappa shape index (κ1) is 21.9. The predicted octanol–water partition coefficient (Wildman–Crippen LogP) is 4.88. The fraction of sp³-hybridized carbons (Fsp3) is 0.391. The minimum absolute atomic E-state index is 0.0341. The average Bonchev–Trinajstić information content (AvgIpc) is 2.98. The Kier molecular flexibility index (Phi) is 5.40. The van der Waals surface area contributed by atoms with E-state index >= 15 is 0 Å². The second-order valence-electron chi connectivity index (χ2n) is 8.96. The molecular formula is C23H22BrClF2N4O. The fourth-order valence-corrected chi connectivity index (χ4v) is 5.81. The third-order valence-corrected chi connectivity index (χ3v) is 7.65. The van der Waals surface area contributed by atoms with Gasteiger partial charge in [-0.1, -0.05) is 30.3 Å². The molecule has 2 aliphatic rings. The standard InChI is InChI=1S/C23H22BrClF2N4O/c1-23(2,12-6-4-3-5-7-12)31-13-8-17(32)16(31)11-30(10-13)21-14-9-15(26)18(24)19(27)20(14)28-22(25)29-21/h3-7,9,13,16-17,32H,8,10-11H2,1-2H3. The lowest BCUT2D eigenvalue weighted by Crippen LogP contribution is -2.61. The van der Waals surface area contributed by atoms with Crippen LogP contribution in [0, 0.1) is 11.6 Å². The van der Waals surface area contributed by atoms with Crippen LogP contribution in [0.2, 0.25) is 5.28 Å². The van der Waals surface area contributed by atoms with Gasteiger partial charge < -0.3 is 10.0 Å². The summed E-state index contributed by atoms with van der Waals surface area (Å²) in [7, 11) is 0. The van der Waals surface area contributed by atoms with Crippen molar-refractivity contribution in [3.8, 4) is 0 Å². The quantitative estimate of drug-likeness (QED) is 0.392. The number of aliphatic hydroxyl groups is 1. The molecule has 1 aromatic heterocycles. The molecule has 2 fully saturated rings. The van der Waals surface area contributed by atoms with E-state index < -0.39 is 17.7 Å². The average molecular weight is 524 g/mol. The molecule has 3 aromatic rings. The number of nitrogens with zero attached hydrogens (tertiary/aromatic N) is 4. The van der Waals surface area contributed by atoms with Crippen molar-refractivity contribution < 1.29 is 13.9 Å². The Labute approximate surface area is 198 Å². The van der Waals surface area contributed by atoms with Crippen LogP contribution in [0.3, 0.4) is 0 Å². The molecule has 0 spiro atoms. The Hall–Kier alpha value is -1.87. The smallest absolute Gasteiger partial charge is 0.225 e. The van der Waals surface area contributed by atoms with Crippen molar-refractivity contribution in [2.45, 2.75) is 44.0 Å². The molecule has 2 bridgehead atoms. The highest BCUT2D eigenvalue weighted by atomic mass is 79.9. The molecule has 168 valence electrons. The molecule has 3 unspecified atom stereocenters. The second-order valence-corrected chi connectivity index (χ2v) is 10.1. The van der Waals surface area contributed by atoms with E-state index in [4.69, 9.17) is 11.6 Å². The molecule has 2 aromatic carbocycles. The Morgan fingerprint density at radius 1 is 1.16 bits per heavy atom. The molecule has 0 amide bonds. The number of aliphatic hydroxyl groups excluding tert-OH is 1. The molecule has 3 heterocycles. The van der Waals surface area contributed by atoms with Crippen LogP contribution in [0.4, 0.5) is 14.6 Å². The van der Waals surface area contributed by atoms with Crippen LogP contribution in [0.25, 0.3) is 10.9 Å². The number of anilines is 1. The molecule has 2 saturated heterocycles. The van der Waals surface area contributed by atoms with Gasteiger partial charge in [0.2, 0.25) is 5.28 Å². The van der Waals surface area contributed by atoms with Gasteiger partial charge in [-0.3, -0.25) is 4.90 Å². The number of benzene rings is 2. The zero-order valence-corrected chi connectivity index (χ0v) is 19.9. The molecule has 5 rings (SSSR count). The summed E-state index contributed by atoms with van der Waals surface area (Å²) < 4.78 is 28.8. The summed E-state index contributed by atoms with van der Waals surface area (Å²) in [5.74, 6) is -1.15. The highest BCUT2D eigenvalue weighted by Crippen LogP contribution is 2.43. The second kappa shape index (κ2) is 7.87. The van der Waals surface area contributed by atoms with Crippen molar-refractivity contribution in [2.75, 3.05) is 18.0 Å². The van der Waals surface area contributed by atoms with Crippen molar-refractivity contribution in [1.29, 1.82) is 0 Å². The van der Waals surface area contributed by atoms with Gasteiger partial charge in [-0.25, -0.2) is 13.8 Å². The number of hydrogen-bond donors (Lipinski definition) is 1. The molecular weight excluding hydrogens is 502 g/mol. The third-order valence-electron chi connectivity index (χ3n) is 6.75. The Morgan fingerprint density at radius 3 is 2.56 bits per heavy atom. The lowest BCUT2D eigenvalue weighted by atomic mass is 9.89. The summed E-state index contributed by atoms with van der Waals surface area (Å²) in [6.45, 7) is 5.33. The lowest BCUT2D eigenvalue weighted by molar-refractivity contribution is 0.0222. The number of rotatable bonds is 3. The molecule has 3 atom stereocenters. The predicted molar refractivity (Wildman–Crippen MR) is 124 cm³/mol. The minimum atomic E-state index is -0.808. The largest absolute Gasteiger partial charge is 0.391 e. The Balaban J connectivity index is 1.55. The summed E-state index contributed by atoms with van der Waals surface area (Å²) in [5.41, 5.74) is 0.838. The number of hydrogen-bond acceptors (Lipinski definition) is 5. The molecule has 32 heavy (non-hydrogen) atoms. The molecule has 0 radical (unpaired) electrons. The first-order valence-corrected chi connectivity index (χ1v) is 11.6. The van der Waals surface area contributed by atoms with E-state index in [0.29, 0.717) is 25.3 Å². The number of fused-ring (bicyclic) bond motifs is 3. The monoisotopic (exact) mass is 522 g/mol. The van der Waals surface area contributed by atoms with Crippen LogP contribution < -0.4 is 4.90 Å². The van der Waals surface area contributed by atoms with Gasteiger partial charge in [0.15, 0.2) is 5.82 Å². The molecule has 0 saturated carbocycles. The highest BCUT2D eigenvalue weighted by Gasteiger charge is 2.51. The molecule has 0 aliphatic carbocycles. The highest BCUT2D eigenvalue weighted by molar-refractivity contribution is 9.10. The van der Waals surface area contributed by atoms with E-state index in [1.165, 1.54) is 11.6 Å². The Bertz CT molecular complexity index is 1200. The fourth-order valence-electron chi connectivity index (χ4n) is 5.34. The van der Waals surface area contributed by atoms with E-state index in [1.807, 2.05) is 23.1 Å². The maximum Gasteiger partial charge on any atom is 0.225 e. The Morgan fingerprint density at radius 2 is 1.88 bits per heavy atom. The van der Waals surface area contributed by atoms with Crippen LogP contribution in [0.5, 0.6) is 0 Å². The maximum absolute atomic E-state index is 14.7. The summed E-state index contributed by atoms with van der Waals surface area (Å²) in [4.78, 5) is 12.7. The van der Waals surface area contributed by atoms with Crippen LogP contribution >= 0.6 is 27.5 Å². The van der Waals surface area contributed by atoms with Crippen molar-refractivity contribution in [1.82, 2.24) is 14.9 Å². The van der Waals surface area contributed by atoms with Crippen molar-refractivity contribution >= 4 is 44.3 Å². The van der Waals surface area contributed by atoms with Gasteiger partial charge in [-0.05, 0) is 59.4 Å². The van der Waals surface area contributed by atoms with E-state index in [1.54, 1.807) is 0 Å². The molecule has 2 aliphatic heterocycles. The van der Waals surface area contributed by atoms with Gasteiger partial charge in [-0.15, -0.1) is 0 Å². The zero-order valence-electron chi connectivity index (χ0n) is 17.6. The molecule has 1 N–H and O–H groups in total. The normalized spacial score (nSPS) is 23.8. The molecule has 9 heteroatoms. The van der Waals surface area contributed by atoms with Crippen LogP contribution in [-0.4, -0.2) is 51.3 Å². The van der Waals surface area contributed by atoms with Gasteiger partial charge in [0.25, 0.3) is 0 Å². The summed E-state index contributed by atoms with van der Waals surface area (Å²) in [6, 6.07) is 11.3. The van der Waals surface area contributed by atoms with E-state index in [9.17, 15) is 13.9 Å². The van der Waals surface area contributed by atoms with Gasteiger partial charge in [-0.2, -0.15) is 4.98 Å². The minimum Gasteiger partial charge on any atom is -0.391 e. The summed E-state index contributed by atoms with van der Waals surface area (Å²) in [5, 5.41) is 11.0. The number of aromatic nitrogens is 2. The van der Waals surface area contributed by atoms with Gasteiger partial charge >= 0.3 is 0 Å². The zero-order chi connectivity index (χ0) is 22.8. The first-order chi connectivity index (χ1) is 15.2. The number of halogens is 4. The van der Waals surface area contributed by atoms with Crippen molar-refractivity contribution in [3.63, 3.8) is 0 Å². The first-order valence-electron chi connectivity index (χ1n) is 10.5. The molecule has 5 nitrogen and oxygen atoms in total. The number of piperazine rings is 1. The van der Waals surface area contributed by atoms with Crippen LogP contribution in [-0.2, 0) is 5.54 Å². The third kappa shape index (κ3) is 3.39. The van der Waals surface area contributed by atoms with Crippen LogP contribution in [0.15, 0.2) is 40.9 Å². The van der Waals surface area contributed by atoms with E-state index in [-0.39, 0.29) is 38.3 Å². The summed E-state index contributed by atoms with van der Waals surface area (Å²) in [6.07, 6.45) is 0.0989. The SMILES string of the molecule is CC(C)(c1ccccc1)N1C2CC(O)C1CN(c1nc(Cl)nc3c(F)c(Br)c(F)cc13)C2. The van der Waals surface area contributed by atoms with E-state index in [0.717, 1.165) is 0 Å². The topological polar surface area (TPSA) is 52.5 Å². The van der Waals surface area contributed by atoms with E-state index in [2.05, 4.69) is 56.8 Å². The summed E-state index contributed by atoms with van der Waals surface area (Å²) >= 11 is 9.05. The van der Waals surface area contributed by atoms with Crippen molar-refractivity contribution in [3.05, 3.63) is 63.4 Å². The van der Waals surface area contributed by atoms with Crippen LogP contribution in [0.1, 0.15) is 25.8 Å². The van der Waals surface area contributed by atoms with Gasteiger partial charge in [0.05, 0.1) is 16.6 Å².